The van der Waals surface area contributed by atoms with Gasteiger partial charge < -0.3 is 5.32 Å². The van der Waals surface area contributed by atoms with Gasteiger partial charge in [-0.1, -0.05) is 19.8 Å². The molecule has 2 rings (SSSR count). The van der Waals surface area contributed by atoms with Gasteiger partial charge in [0.2, 0.25) is 0 Å². The highest BCUT2D eigenvalue weighted by Gasteiger charge is 2.30. The number of hydrogen-bond donors (Lipinski definition) is 1. The Hall–Kier alpha value is -0.0800. The summed E-state index contributed by atoms with van der Waals surface area (Å²) in [7, 11) is 0. The molecule has 2 fully saturated rings. The van der Waals surface area contributed by atoms with Gasteiger partial charge in [0, 0.05) is 24.7 Å². The molecule has 2 nitrogen and oxygen atoms in total. The van der Waals surface area contributed by atoms with Crippen LogP contribution in [0.1, 0.15) is 52.9 Å². The molecule has 0 aromatic rings. The molecule has 2 aliphatic rings. The monoisotopic (exact) mass is 224 g/mol. The Morgan fingerprint density at radius 2 is 1.88 bits per heavy atom. The van der Waals surface area contributed by atoms with E-state index in [4.69, 9.17) is 0 Å². The lowest BCUT2D eigenvalue weighted by Gasteiger charge is -2.35. The highest BCUT2D eigenvalue weighted by molar-refractivity contribution is 4.88. The third kappa shape index (κ3) is 2.78. The van der Waals surface area contributed by atoms with E-state index in [9.17, 15) is 0 Å². The molecule has 1 heterocycles. The predicted molar refractivity (Wildman–Crippen MR) is 69.7 cm³/mol. The molecular formula is C14H28N2. The minimum absolute atomic E-state index is 0.706. The molecular weight excluding hydrogens is 196 g/mol. The van der Waals surface area contributed by atoms with Crippen LogP contribution in [0.4, 0.5) is 0 Å². The van der Waals surface area contributed by atoms with Crippen molar-refractivity contribution in [3.8, 4) is 0 Å². The molecule has 0 radical (unpaired) electrons. The van der Waals surface area contributed by atoms with Crippen molar-refractivity contribution in [2.45, 2.75) is 71.0 Å². The number of nitrogens with zero attached hydrogens (tertiary/aromatic N) is 1. The first kappa shape index (κ1) is 12.4. The van der Waals surface area contributed by atoms with Crippen LogP contribution < -0.4 is 5.32 Å². The molecule has 1 saturated heterocycles. The molecule has 2 unspecified atom stereocenters. The van der Waals surface area contributed by atoms with Crippen LogP contribution in [-0.4, -0.2) is 36.1 Å². The van der Waals surface area contributed by atoms with E-state index in [1.54, 1.807) is 0 Å². The van der Waals surface area contributed by atoms with Crippen LogP contribution >= 0.6 is 0 Å². The summed E-state index contributed by atoms with van der Waals surface area (Å²) < 4.78 is 0. The Morgan fingerprint density at radius 3 is 2.38 bits per heavy atom. The van der Waals surface area contributed by atoms with Gasteiger partial charge in [-0.2, -0.15) is 0 Å². The Bertz CT molecular complexity index is 209. The van der Waals surface area contributed by atoms with E-state index >= 15 is 0 Å². The second-order valence-electron chi connectivity index (χ2n) is 6.06. The fourth-order valence-corrected chi connectivity index (χ4v) is 3.39. The van der Waals surface area contributed by atoms with Crippen molar-refractivity contribution in [1.82, 2.24) is 10.2 Å². The van der Waals surface area contributed by atoms with Gasteiger partial charge >= 0.3 is 0 Å². The lowest BCUT2D eigenvalue weighted by Crippen LogP contribution is -2.47. The van der Waals surface area contributed by atoms with Crippen molar-refractivity contribution >= 4 is 0 Å². The zero-order chi connectivity index (χ0) is 11.5. The van der Waals surface area contributed by atoms with Gasteiger partial charge in [0.1, 0.15) is 0 Å². The van der Waals surface area contributed by atoms with Crippen molar-refractivity contribution < 1.29 is 0 Å². The summed E-state index contributed by atoms with van der Waals surface area (Å²) in [6.45, 7) is 9.61. The van der Waals surface area contributed by atoms with E-state index in [1.807, 2.05) is 0 Å². The number of nitrogens with one attached hydrogen (secondary N) is 1. The average molecular weight is 224 g/mol. The van der Waals surface area contributed by atoms with Crippen LogP contribution in [0.2, 0.25) is 0 Å². The van der Waals surface area contributed by atoms with Crippen molar-refractivity contribution in [2.75, 3.05) is 13.1 Å². The second kappa shape index (κ2) is 5.50. The maximum absolute atomic E-state index is 3.67. The highest BCUT2D eigenvalue weighted by atomic mass is 15.2. The van der Waals surface area contributed by atoms with Crippen LogP contribution in [0.25, 0.3) is 0 Å². The van der Waals surface area contributed by atoms with Gasteiger partial charge in [-0.15, -0.1) is 0 Å². The molecule has 1 aliphatic heterocycles. The average Bonchev–Trinajstić information content (AvgIpc) is 2.85. The molecule has 94 valence electrons. The van der Waals surface area contributed by atoms with Gasteiger partial charge in [0.05, 0.1) is 0 Å². The zero-order valence-corrected chi connectivity index (χ0v) is 11.2. The molecule has 0 aromatic carbocycles. The maximum Gasteiger partial charge on any atom is 0.0221 e. The Balaban J connectivity index is 1.91. The van der Waals surface area contributed by atoms with Crippen molar-refractivity contribution in [1.29, 1.82) is 0 Å². The SMILES string of the molecule is CC1CCNC1CN(C(C)C)C1CCCC1. The molecule has 1 aliphatic carbocycles. The highest BCUT2D eigenvalue weighted by Crippen LogP contribution is 2.26. The minimum atomic E-state index is 0.706. The summed E-state index contributed by atoms with van der Waals surface area (Å²) in [5, 5.41) is 3.67. The third-order valence-electron chi connectivity index (χ3n) is 4.56. The number of rotatable bonds is 4. The number of hydrogen-bond acceptors (Lipinski definition) is 2. The van der Waals surface area contributed by atoms with Crippen LogP contribution in [0.5, 0.6) is 0 Å². The van der Waals surface area contributed by atoms with E-state index in [1.165, 1.54) is 45.2 Å². The Morgan fingerprint density at radius 1 is 1.19 bits per heavy atom. The van der Waals surface area contributed by atoms with Gasteiger partial charge in [0.25, 0.3) is 0 Å². The van der Waals surface area contributed by atoms with E-state index < -0.39 is 0 Å². The molecule has 0 bridgehead atoms. The van der Waals surface area contributed by atoms with E-state index in [2.05, 4.69) is 31.0 Å². The Kier molecular flexibility index (Phi) is 4.26. The van der Waals surface area contributed by atoms with E-state index in [0.717, 1.165) is 18.0 Å². The molecule has 2 atom stereocenters. The summed E-state index contributed by atoms with van der Waals surface area (Å²) in [4.78, 5) is 2.76. The van der Waals surface area contributed by atoms with Crippen LogP contribution in [-0.2, 0) is 0 Å². The van der Waals surface area contributed by atoms with Crippen LogP contribution in [0.3, 0.4) is 0 Å². The van der Waals surface area contributed by atoms with Crippen LogP contribution in [0.15, 0.2) is 0 Å². The van der Waals surface area contributed by atoms with Crippen molar-refractivity contribution in [3.63, 3.8) is 0 Å². The van der Waals surface area contributed by atoms with Gasteiger partial charge in [-0.05, 0) is 45.6 Å². The van der Waals surface area contributed by atoms with Crippen LogP contribution in [0, 0.1) is 5.92 Å². The standard InChI is InChI=1S/C14H28N2/c1-11(2)16(13-6-4-5-7-13)10-14-12(3)8-9-15-14/h11-15H,4-10H2,1-3H3. The summed E-state index contributed by atoms with van der Waals surface area (Å²) >= 11 is 0. The minimum Gasteiger partial charge on any atom is -0.312 e. The summed E-state index contributed by atoms with van der Waals surface area (Å²) in [6.07, 6.45) is 7.11. The summed E-state index contributed by atoms with van der Waals surface area (Å²) in [6, 6.07) is 2.32. The van der Waals surface area contributed by atoms with Crippen molar-refractivity contribution in [2.24, 2.45) is 5.92 Å². The molecule has 1 saturated carbocycles. The topological polar surface area (TPSA) is 15.3 Å². The first-order valence-electron chi connectivity index (χ1n) is 7.17. The zero-order valence-electron chi connectivity index (χ0n) is 11.2. The van der Waals surface area contributed by atoms with E-state index in [0.29, 0.717) is 6.04 Å². The fraction of sp³-hybridized carbons (Fsp3) is 1.00. The van der Waals surface area contributed by atoms with Gasteiger partial charge in [-0.25, -0.2) is 0 Å². The first-order chi connectivity index (χ1) is 7.68. The molecule has 0 spiro atoms. The lowest BCUT2D eigenvalue weighted by atomic mass is 10.0. The molecule has 16 heavy (non-hydrogen) atoms. The van der Waals surface area contributed by atoms with Gasteiger partial charge in [-0.3, -0.25) is 4.90 Å². The van der Waals surface area contributed by atoms with E-state index in [-0.39, 0.29) is 0 Å². The molecule has 0 aromatic heterocycles. The normalized spacial score (nSPS) is 32.1. The second-order valence-corrected chi connectivity index (χ2v) is 6.06. The van der Waals surface area contributed by atoms with Crippen molar-refractivity contribution in [3.05, 3.63) is 0 Å². The smallest absolute Gasteiger partial charge is 0.0221 e. The lowest BCUT2D eigenvalue weighted by molar-refractivity contribution is 0.134. The summed E-state index contributed by atoms with van der Waals surface area (Å²) in [5.74, 6) is 0.864. The van der Waals surface area contributed by atoms with Gasteiger partial charge in [0.15, 0.2) is 0 Å². The summed E-state index contributed by atoms with van der Waals surface area (Å²) in [5.41, 5.74) is 0. The quantitative estimate of drug-likeness (QED) is 0.790. The molecule has 2 heteroatoms. The largest absolute Gasteiger partial charge is 0.312 e. The third-order valence-corrected chi connectivity index (χ3v) is 4.56. The maximum atomic E-state index is 3.67. The first-order valence-corrected chi connectivity index (χ1v) is 7.17. The molecule has 1 N–H and O–H groups in total. The predicted octanol–water partition coefficient (Wildman–Crippen LogP) is 2.64. The fourth-order valence-electron chi connectivity index (χ4n) is 3.39. The molecule has 0 amide bonds. The Labute approximate surface area is 101 Å².